The van der Waals surface area contributed by atoms with E-state index in [1.165, 1.54) is 37.8 Å². The maximum Gasteiger partial charge on any atom is 0.0640 e. The van der Waals surface area contributed by atoms with Crippen LogP contribution in [0, 0.1) is 5.92 Å². The van der Waals surface area contributed by atoms with E-state index in [0.29, 0.717) is 6.04 Å². The Bertz CT molecular complexity index is 460. The topological polar surface area (TPSA) is 15.3 Å². The van der Waals surface area contributed by atoms with Crippen molar-refractivity contribution in [3.63, 3.8) is 0 Å². The smallest absolute Gasteiger partial charge is 0.0640 e. The maximum absolute atomic E-state index is 6.38. The highest BCUT2D eigenvalue weighted by Gasteiger charge is 2.28. The molecule has 2 fully saturated rings. The number of nitrogens with one attached hydrogen (secondary N) is 1. The number of nitrogens with zero attached hydrogens (tertiary/aromatic N) is 1. The van der Waals surface area contributed by atoms with E-state index in [1.54, 1.807) is 0 Å². The molecule has 0 spiro atoms. The molecule has 1 aromatic carbocycles. The first-order valence-corrected chi connectivity index (χ1v) is 8.84. The van der Waals surface area contributed by atoms with Gasteiger partial charge in [-0.05, 0) is 37.0 Å². The SMILES string of the molecule is Clc1ccc(Br)cc1N1CCNC(C2CCCCC2)C1. The van der Waals surface area contributed by atoms with Crippen molar-refractivity contribution in [1.29, 1.82) is 0 Å². The van der Waals surface area contributed by atoms with E-state index in [0.717, 1.165) is 35.0 Å². The third kappa shape index (κ3) is 3.32. The van der Waals surface area contributed by atoms with Crippen LogP contribution in [0.5, 0.6) is 0 Å². The molecule has 2 nitrogen and oxygen atoms in total. The molecule has 1 saturated carbocycles. The molecular weight excluding hydrogens is 336 g/mol. The summed E-state index contributed by atoms with van der Waals surface area (Å²) >= 11 is 9.93. The quantitative estimate of drug-likeness (QED) is 0.840. The Labute approximate surface area is 135 Å². The summed E-state index contributed by atoms with van der Waals surface area (Å²) in [4.78, 5) is 2.45. The van der Waals surface area contributed by atoms with Gasteiger partial charge in [-0.3, -0.25) is 0 Å². The molecule has 1 atom stereocenters. The highest BCUT2D eigenvalue weighted by atomic mass is 79.9. The van der Waals surface area contributed by atoms with E-state index in [9.17, 15) is 0 Å². The predicted octanol–water partition coefficient (Wildman–Crippen LogP) is 4.46. The second-order valence-electron chi connectivity index (χ2n) is 6.00. The van der Waals surface area contributed by atoms with Gasteiger partial charge in [0.25, 0.3) is 0 Å². The van der Waals surface area contributed by atoms with Crippen molar-refractivity contribution >= 4 is 33.2 Å². The first kappa shape index (κ1) is 14.7. The molecule has 1 N–H and O–H groups in total. The predicted molar refractivity (Wildman–Crippen MR) is 89.7 cm³/mol. The Balaban J connectivity index is 1.72. The van der Waals surface area contributed by atoms with Gasteiger partial charge >= 0.3 is 0 Å². The van der Waals surface area contributed by atoms with E-state index in [-0.39, 0.29) is 0 Å². The van der Waals surface area contributed by atoms with Crippen LogP contribution in [0.4, 0.5) is 5.69 Å². The molecule has 1 aromatic rings. The van der Waals surface area contributed by atoms with Crippen LogP contribution in [0.25, 0.3) is 0 Å². The second kappa shape index (κ2) is 6.67. The van der Waals surface area contributed by atoms with Crippen LogP contribution in [0.3, 0.4) is 0 Å². The van der Waals surface area contributed by atoms with Crippen molar-refractivity contribution in [1.82, 2.24) is 5.32 Å². The summed E-state index contributed by atoms with van der Waals surface area (Å²) in [5, 5.41) is 4.58. The van der Waals surface area contributed by atoms with E-state index in [2.05, 4.69) is 32.2 Å². The summed E-state index contributed by atoms with van der Waals surface area (Å²) in [5.41, 5.74) is 1.17. The minimum absolute atomic E-state index is 0.624. The molecule has 0 aromatic heterocycles. The fourth-order valence-electron chi connectivity index (χ4n) is 3.58. The van der Waals surface area contributed by atoms with Crippen LogP contribution in [0.1, 0.15) is 32.1 Å². The summed E-state index contributed by atoms with van der Waals surface area (Å²) in [6.07, 6.45) is 7.00. The number of anilines is 1. The molecule has 0 radical (unpaired) electrons. The summed E-state index contributed by atoms with van der Waals surface area (Å²) in [6, 6.07) is 6.76. The lowest BCUT2D eigenvalue weighted by molar-refractivity contribution is 0.257. The Kier molecular flexibility index (Phi) is 4.90. The summed E-state index contributed by atoms with van der Waals surface area (Å²) in [5.74, 6) is 0.845. The van der Waals surface area contributed by atoms with Crippen LogP contribution >= 0.6 is 27.5 Å². The van der Waals surface area contributed by atoms with Crippen molar-refractivity contribution in [2.75, 3.05) is 24.5 Å². The minimum Gasteiger partial charge on any atom is -0.367 e. The number of benzene rings is 1. The number of hydrogen-bond acceptors (Lipinski definition) is 2. The Morgan fingerprint density at radius 1 is 1.20 bits per heavy atom. The van der Waals surface area contributed by atoms with Crippen molar-refractivity contribution in [2.24, 2.45) is 5.92 Å². The molecule has 2 aliphatic rings. The lowest BCUT2D eigenvalue weighted by Crippen LogP contribution is -2.54. The maximum atomic E-state index is 6.38. The zero-order valence-electron chi connectivity index (χ0n) is 11.7. The third-order valence-corrected chi connectivity index (χ3v) is 5.49. The first-order chi connectivity index (χ1) is 9.74. The number of piperazine rings is 1. The van der Waals surface area contributed by atoms with Gasteiger partial charge in [0.05, 0.1) is 10.7 Å². The molecule has 1 saturated heterocycles. The summed E-state index contributed by atoms with van der Waals surface area (Å²) in [6.45, 7) is 3.18. The van der Waals surface area contributed by atoms with Crippen LogP contribution in [-0.2, 0) is 0 Å². The van der Waals surface area contributed by atoms with Crippen molar-refractivity contribution in [3.05, 3.63) is 27.7 Å². The van der Waals surface area contributed by atoms with Gasteiger partial charge in [0.2, 0.25) is 0 Å². The first-order valence-electron chi connectivity index (χ1n) is 7.67. The number of rotatable bonds is 2. The normalized spacial score (nSPS) is 24.9. The molecule has 1 unspecified atom stereocenters. The van der Waals surface area contributed by atoms with Gasteiger partial charge in [0, 0.05) is 30.1 Å². The summed E-state index contributed by atoms with van der Waals surface area (Å²) in [7, 11) is 0. The van der Waals surface area contributed by atoms with Gasteiger partial charge in [-0.25, -0.2) is 0 Å². The fraction of sp³-hybridized carbons (Fsp3) is 0.625. The largest absolute Gasteiger partial charge is 0.367 e. The molecule has 1 aliphatic heterocycles. The zero-order chi connectivity index (χ0) is 13.9. The van der Waals surface area contributed by atoms with Crippen molar-refractivity contribution < 1.29 is 0 Å². The number of hydrogen-bond donors (Lipinski definition) is 1. The van der Waals surface area contributed by atoms with E-state index in [1.807, 2.05) is 12.1 Å². The van der Waals surface area contributed by atoms with Crippen molar-refractivity contribution in [2.45, 2.75) is 38.1 Å². The minimum atomic E-state index is 0.624. The highest BCUT2D eigenvalue weighted by molar-refractivity contribution is 9.10. The van der Waals surface area contributed by atoms with Crippen LogP contribution in [0.2, 0.25) is 5.02 Å². The Morgan fingerprint density at radius 2 is 2.00 bits per heavy atom. The van der Waals surface area contributed by atoms with Gasteiger partial charge in [-0.15, -0.1) is 0 Å². The molecule has 1 aliphatic carbocycles. The van der Waals surface area contributed by atoms with Gasteiger partial charge in [-0.1, -0.05) is 46.8 Å². The van der Waals surface area contributed by atoms with Gasteiger partial charge in [-0.2, -0.15) is 0 Å². The second-order valence-corrected chi connectivity index (χ2v) is 7.32. The Morgan fingerprint density at radius 3 is 2.80 bits per heavy atom. The molecule has 3 rings (SSSR count). The molecule has 0 amide bonds. The lowest BCUT2D eigenvalue weighted by atomic mass is 9.83. The Hall–Kier alpha value is -0.250. The fourth-order valence-corrected chi connectivity index (χ4v) is 4.16. The average Bonchev–Trinajstić information content (AvgIpc) is 2.51. The monoisotopic (exact) mass is 356 g/mol. The van der Waals surface area contributed by atoms with Gasteiger partial charge in [0.15, 0.2) is 0 Å². The average molecular weight is 358 g/mol. The van der Waals surface area contributed by atoms with Gasteiger partial charge < -0.3 is 10.2 Å². The standard InChI is InChI=1S/C16H22BrClN2/c17-13-6-7-14(18)16(10-13)20-9-8-19-15(11-20)12-4-2-1-3-5-12/h6-7,10,12,15,19H,1-5,8-9,11H2. The molecule has 0 bridgehead atoms. The van der Waals surface area contributed by atoms with E-state index >= 15 is 0 Å². The van der Waals surface area contributed by atoms with E-state index in [4.69, 9.17) is 11.6 Å². The molecular formula is C16H22BrClN2. The third-order valence-electron chi connectivity index (χ3n) is 4.67. The highest BCUT2D eigenvalue weighted by Crippen LogP contribution is 2.32. The zero-order valence-corrected chi connectivity index (χ0v) is 14.1. The van der Waals surface area contributed by atoms with E-state index < -0.39 is 0 Å². The van der Waals surface area contributed by atoms with Crippen molar-refractivity contribution in [3.8, 4) is 0 Å². The van der Waals surface area contributed by atoms with Crippen LogP contribution < -0.4 is 10.2 Å². The molecule has 1 heterocycles. The molecule has 110 valence electrons. The molecule has 20 heavy (non-hydrogen) atoms. The van der Waals surface area contributed by atoms with Gasteiger partial charge in [0.1, 0.15) is 0 Å². The lowest BCUT2D eigenvalue weighted by Gasteiger charge is -2.40. The molecule has 4 heteroatoms. The van der Waals surface area contributed by atoms with Crippen LogP contribution in [0.15, 0.2) is 22.7 Å². The van der Waals surface area contributed by atoms with Crippen LogP contribution in [-0.4, -0.2) is 25.7 Å². The number of halogens is 2. The summed E-state index contributed by atoms with van der Waals surface area (Å²) < 4.78 is 1.10.